The number of hydrogen-bond acceptors (Lipinski definition) is 4. The Morgan fingerprint density at radius 1 is 1.14 bits per heavy atom. The van der Waals surface area contributed by atoms with Gasteiger partial charge in [0.25, 0.3) is 5.91 Å². The number of nitrogens with zero attached hydrogens (tertiary/aromatic N) is 4. The number of benzene rings is 1. The number of carbonyl (C=O) groups is 2. The lowest BCUT2D eigenvalue weighted by molar-refractivity contribution is -0.138. The third-order valence-electron chi connectivity index (χ3n) is 6.51. The van der Waals surface area contributed by atoms with Gasteiger partial charge in [0.05, 0.1) is 11.3 Å². The smallest absolute Gasteiger partial charge is 0.257 e. The monoisotopic (exact) mass is 392 g/mol. The van der Waals surface area contributed by atoms with Crippen LogP contribution in [0.5, 0.6) is 0 Å². The molecule has 0 aliphatic carbocycles. The molecule has 2 saturated heterocycles. The van der Waals surface area contributed by atoms with E-state index in [4.69, 9.17) is 0 Å². The zero-order valence-electron chi connectivity index (χ0n) is 17.0. The number of likely N-dealkylation sites (tertiary alicyclic amines) is 2. The minimum atomic E-state index is 0.0192. The van der Waals surface area contributed by atoms with Gasteiger partial charge in [-0.3, -0.25) is 9.59 Å². The molecule has 1 spiro atoms. The minimum Gasteiger partial charge on any atom is -0.342 e. The SMILES string of the molecule is Cc1ncncc1C(=O)N1CCC2(CCC(=O)N(CCc3ccccc3)C2)CC1. The van der Waals surface area contributed by atoms with Gasteiger partial charge in [0.2, 0.25) is 5.91 Å². The topological polar surface area (TPSA) is 66.4 Å². The number of amides is 2. The molecule has 0 atom stereocenters. The molecule has 0 N–H and O–H groups in total. The fourth-order valence-electron chi connectivity index (χ4n) is 4.58. The Morgan fingerprint density at radius 2 is 1.90 bits per heavy atom. The summed E-state index contributed by atoms with van der Waals surface area (Å²) in [4.78, 5) is 37.4. The molecule has 0 radical (unpaired) electrons. The standard InChI is InChI=1S/C23H28N4O2/c1-18-20(15-24-17-25-18)22(29)26-13-10-23(11-14-26)9-7-21(28)27(16-23)12-8-19-5-3-2-4-6-19/h2-6,15,17H,7-14,16H2,1H3. The Hall–Kier alpha value is -2.76. The second kappa shape index (κ2) is 8.31. The van der Waals surface area contributed by atoms with E-state index in [-0.39, 0.29) is 17.2 Å². The molecule has 1 aromatic heterocycles. The van der Waals surface area contributed by atoms with Crippen molar-refractivity contribution in [2.24, 2.45) is 5.41 Å². The van der Waals surface area contributed by atoms with Crippen LogP contribution in [-0.4, -0.2) is 57.8 Å². The third-order valence-corrected chi connectivity index (χ3v) is 6.51. The molecule has 2 aliphatic heterocycles. The van der Waals surface area contributed by atoms with Crippen molar-refractivity contribution >= 4 is 11.8 Å². The second-order valence-electron chi connectivity index (χ2n) is 8.36. The largest absolute Gasteiger partial charge is 0.342 e. The van der Waals surface area contributed by atoms with Crippen LogP contribution in [0.1, 0.15) is 47.3 Å². The number of aromatic nitrogens is 2. The van der Waals surface area contributed by atoms with Crippen LogP contribution >= 0.6 is 0 Å². The third kappa shape index (κ3) is 4.31. The lowest BCUT2D eigenvalue weighted by atomic mass is 9.72. The van der Waals surface area contributed by atoms with Crippen molar-refractivity contribution in [1.29, 1.82) is 0 Å². The van der Waals surface area contributed by atoms with Crippen LogP contribution in [0.3, 0.4) is 0 Å². The maximum atomic E-state index is 12.8. The van der Waals surface area contributed by atoms with Gasteiger partial charge in [0.15, 0.2) is 0 Å². The van der Waals surface area contributed by atoms with Crippen LogP contribution in [0.2, 0.25) is 0 Å². The summed E-state index contributed by atoms with van der Waals surface area (Å²) in [5, 5.41) is 0. The summed E-state index contributed by atoms with van der Waals surface area (Å²) < 4.78 is 0. The molecule has 2 aliphatic rings. The van der Waals surface area contributed by atoms with E-state index in [1.54, 1.807) is 6.20 Å². The molecule has 6 nitrogen and oxygen atoms in total. The molecule has 4 rings (SSSR count). The van der Waals surface area contributed by atoms with E-state index in [1.807, 2.05) is 34.9 Å². The fourth-order valence-corrected chi connectivity index (χ4v) is 4.58. The number of aryl methyl sites for hydroxylation is 1. The molecule has 2 aromatic rings. The number of rotatable bonds is 4. The van der Waals surface area contributed by atoms with Crippen LogP contribution in [0.15, 0.2) is 42.9 Å². The van der Waals surface area contributed by atoms with Crippen molar-refractivity contribution in [3.05, 3.63) is 59.7 Å². The lowest BCUT2D eigenvalue weighted by Gasteiger charge is -2.47. The van der Waals surface area contributed by atoms with Gasteiger partial charge in [-0.15, -0.1) is 0 Å². The average molecular weight is 393 g/mol. The van der Waals surface area contributed by atoms with Gasteiger partial charge in [-0.2, -0.15) is 0 Å². The van der Waals surface area contributed by atoms with E-state index in [2.05, 4.69) is 22.1 Å². The van der Waals surface area contributed by atoms with Gasteiger partial charge in [0, 0.05) is 38.8 Å². The first-order valence-corrected chi connectivity index (χ1v) is 10.4. The summed E-state index contributed by atoms with van der Waals surface area (Å²) in [5.41, 5.74) is 2.72. The Bertz CT molecular complexity index is 875. The van der Waals surface area contributed by atoms with E-state index in [9.17, 15) is 9.59 Å². The molecular formula is C23H28N4O2. The normalized spacial score (nSPS) is 18.9. The Kier molecular flexibility index (Phi) is 5.60. The predicted octanol–water partition coefficient (Wildman–Crippen LogP) is 2.87. The maximum absolute atomic E-state index is 12.8. The van der Waals surface area contributed by atoms with Gasteiger partial charge >= 0.3 is 0 Å². The van der Waals surface area contributed by atoms with E-state index in [0.29, 0.717) is 12.0 Å². The first kappa shape index (κ1) is 19.6. The van der Waals surface area contributed by atoms with Gasteiger partial charge in [-0.1, -0.05) is 30.3 Å². The molecule has 3 heterocycles. The number of hydrogen-bond donors (Lipinski definition) is 0. The van der Waals surface area contributed by atoms with Crippen molar-refractivity contribution in [3.63, 3.8) is 0 Å². The summed E-state index contributed by atoms with van der Waals surface area (Å²) in [7, 11) is 0. The van der Waals surface area contributed by atoms with Gasteiger partial charge in [0.1, 0.15) is 6.33 Å². The van der Waals surface area contributed by atoms with E-state index in [1.165, 1.54) is 11.9 Å². The van der Waals surface area contributed by atoms with E-state index >= 15 is 0 Å². The fraction of sp³-hybridized carbons (Fsp3) is 0.478. The van der Waals surface area contributed by atoms with Crippen molar-refractivity contribution in [2.75, 3.05) is 26.2 Å². The molecule has 29 heavy (non-hydrogen) atoms. The minimum absolute atomic E-state index is 0.0192. The van der Waals surface area contributed by atoms with Crippen molar-refractivity contribution in [3.8, 4) is 0 Å². The molecule has 0 bridgehead atoms. The van der Waals surface area contributed by atoms with Gasteiger partial charge in [-0.05, 0) is 43.6 Å². The molecule has 152 valence electrons. The lowest BCUT2D eigenvalue weighted by Crippen LogP contribution is -2.52. The highest BCUT2D eigenvalue weighted by Crippen LogP contribution is 2.40. The predicted molar refractivity (Wildman–Crippen MR) is 110 cm³/mol. The highest BCUT2D eigenvalue weighted by atomic mass is 16.2. The molecule has 2 amide bonds. The summed E-state index contributed by atoms with van der Waals surface area (Å²) in [6.45, 7) is 4.89. The van der Waals surface area contributed by atoms with Crippen LogP contribution in [0, 0.1) is 12.3 Å². The Balaban J connectivity index is 1.36. The summed E-state index contributed by atoms with van der Waals surface area (Å²) >= 11 is 0. The first-order valence-electron chi connectivity index (χ1n) is 10.4. The molecule has 0 saturated carbocycles. The van der Waals surface area contributed by atoms with E-state index in [0.717, 1.165) is 57.6 Å². The maximum Gasteiger partial charge on any atom is 0.257 e. The summed E-state index contributed by atoms with van der Waals surface area (Å²) in [6, 6.07) is 10.3. The molecule has 0 unspecified atom stereocenters. The second-order valence-corrected chi connectivity index (χ2v) is 8.36. The van der Waals surface area contributed by atoms with Crippen LogP contribution < -0.4 is 0 Å². The molecule has 6 heteroatoms. The zero-order valence-corrected chi connectivity index (χ0v) is 17.0. The van der Waals surface area contributed by atoms with E-state index < -0.39 is 0 Å². The van der Waals surface area contributed by atoms with Crippen molar-refractivity contribution in [1.82, 2.24) is 19.8 Å². The molecule has 2 fully saturated rings. The highest BCUT2D eigenvalue weighted by molar-refractivity contribution is 5.95. The summed E-state index contributed by atoms with van der Waals surface area (Å²) in [6.07, 6.45) is 7.42. The number of carbonyl (C=O) groups excluding carboxylic acids is 2. The van der Waals surface area contributed by atoms with Gasteiger partial charge in [-0.25, -0.2) is 9.97 Å². The van der Waals surface area contributed by atoms with Crippen LogP contribution in [0.4, 0.5) is 0 Å². The van der Waals surface area contributed by atoms with Crippen molar-refractivity contribution in [2.45, 2.75) is 39.0 Å². The average Bonchev–Trinajstić information content (AvgIpc) is 2.76. The van der Waals surface area contributed by atoms with Crippen LogP contribution in [-0.2, 0) is 11.2 Å². The van der Waals surface area contributed by atoms with Gasteiger partial charge < -0.3 is 9.80 Å². The first-order chi connectivity index (χ1) is 14.1. The Morgan fingerprint density at radius 3 is 2.62 bits per heavy atom. The summed E-state index contributed by atoms with van der Waals surface area (Å²) in [5.74, 6) is 0.285. The molecule has 1 aromatic carbocycles. The van der Waals surface area contributed by atoms with Crippen LogP contribution in [0.25, 0.3) is 0 Å². The quantitative estimate of drug-likeness (QED) is 0.802. The Labute approximate surface area is 172 Å². The zero-order chi connectivity index (χ0) is 20.3. The highest BCUT2D eigenvalue weighted by Gasteiger charge is 2.41. The number of piperidine rings is 2. The molecular weight excluding hydrogens is 364 g/mol. The van der Waals surface area contributed by atoms with Crippen molar-refractivity contribution < 1.29 is 9.59 Å².